The number of hydrogen-bond donors (Lipinski definition) is 7. The van der Waals surface area contributed by atoms with Crippen LogP contribution in [0, 0.1) is 23.2 Å². The predicted molar refractivity (Wildman–Crippen MR) is 270 cm³/mol. The number of phenolic OH excluding ortho intramolecular Hbond substituents is 1. The zero-order valence-electron chi connectivity index (χ0n) is 41.6. The Balaban J connectivity index is 0.930. The maximum atomic E-state index is 13.1. The number of benzene rings is 4. The molecule has 4 aromatic rings. The first-order chi connectivity index (χ1) is 35.0. The summed E-state index contributed by atoms with van der Waals surface area (Å²) in [5.74, 6) is 0.549. The van der Waals surface area contributed by atoms with Gasteiger partial charge in [-0.05, 0) is 117 Å². The third-order valence-electron chi connectivity index (χ3n) is 17.7. The van der Waals surface area contributed by atoms with Crippen LogP contribution in [0.5, 0.6) is 34.5 Å². The van der Waals surface area contributed by atoms with Crippen molar-refractivity contribution in [1.29, 1.82) is 0 Å². The third-order valence-corrected chi connectivity index (χ3v) is 17.7. The number of aliphatic hydroxyl groups excluding tert-OH is 3. The zero-order chi connectivity index (χ0) is 49.9. The number of anilines is 1. The van der Waals surface area contributed by atoms with E-state index in [1.165, 1.54) is 35.3 Å². The van der Waals surface area contributed by atoms with E-state index in [1.807, 2.05) is 26.1 Å². The van der Waals surface area contributed by atoms with E-state index in [0.717, 1.165) is 67.2 Å². The van der Waals surface area contributed by atoms with Crippen LogP contribution >= 0.6 is 0 Å². The molecule has 15 nitrogen and oxygen atoms in total. The maximum absolute atomic E-state index is 13.1. The molecule has 7 unspecified atom stereocenters. The number of carbonyl (C=O) groups excluding carboxylic acids is 2. The standard InChI is InChI=1S/C57H68N4O11/c1-4-59-31-72-44-24-42(69-20-19-58-2)37-13-14-38-49-41(60-55(67)52(44)51(37)49)23-43-50(38)53(65)39(30-71-43)33-21-45(68-3)54(66)46(22-33)70-29-36(28-62)57-26-35(27-61-47(63)15-16-48(61)64)56(17-7-8-18-56)25-34(57)12-11-32-9-5-6-10-40(32)57/h5-6,9-10,15-16,21-24,34-36,39,53,55,58-60,62,65-67H,4,7-8,11-14,17-20,25-31H2,1-3H3. The molecule has 3 heterocycles. The van der Waals surface area contributed by atoms with Crippen molar-refractivity contribution in [3.63, 3.8) is 0 Å². The SMILES string of the molecule is CCNCOc1cc(OCCNC)c2c3c1C(O)Nc1cc4c(c(c1-3)CC2)C(O)C(c1cc(OC)c(O)c(OCC(CO)C23CC(CN5C(=O)C=CC5=O)C5(CCCC5)CC2CCc2ccccc23)c1)CO4. The first kappa shape index (κ1) is 48.4. The van der Waals surface area contributed by atoms with Gasteiger partial charge in [0.1, 0.15) is 30.6 Å². The second-order valence-electron chi connectivity index (χ2n) is 21.1. The lowest BCUT2D eigenvalue weighted by atomic mass is 9.45. The van der Waals surface area contributed by atoms with Crippen LogP contribution in [0.2, 0.25) is 0 Å². The van der Waals surface area contributed by atoms with Crippen LogP contribution in [0.25, 0.3) is 11.1 Å². The molecule has 2 amide bonds. The summed E-state index contributed by atoms with van der Waals surface area (Å²) < 4.78 is 31.7. The van der Waals surface area contributed by atoms with Gasteiger partial charge in [0.05, 0.1) is 38.6 Å². The summed E-state index contributed by atoms with van der Waals surface area (Å²) in [6, 6.07) is 15.7. The van der Waals surface area contributed by atoms with Crippen molar-refractivity contribution in [2.45, 2.75) is 94.8 Å². The molecule has 2 fully saturated rings. The molecule has 0 aromatic heterocycles. The van der Waals surface area contributed by atoms with Crippen LogP contribution in [0.3, 0.4) is 0 Å². The van der Waals surface area contributed by atoms with E-state index in [1.54, 1.807) is 12.1 Å². The Bertz CT molecular complexity index is 2770. The summed E-state index contributed by atoms with van der Waals surface area (Å²) in [5.41, 5.74) is 8.07. The number of phenols is 1. The number of fused-ring (bicyclic) bond motifs is 5. The smallest absolute Gasteiger partial charge is 0.253 e. The minimum absolute atomic E-state index is 0.0139. The lowest BCUT2D eigenvalue weighted by molar-refractivity contribution is -0.140. The number of methoxy groups -OCH3 is 1. The summed E-state index contributed by atoms with van der Waals surface area (Å²) in [4.78, 5) is 27.6. The first-order valence-corrected chi connectivity index (χ1v) is 26.1. The van der Waals surface area contributed by atoms with Crippen molar-refractivity contribution in [2.24, 2.45) is 23.2 Å². The van der Waals surface area contributed by atoms with E-state index in [-0.39, 0.29) is 72.9 Å². The van der Waals surface area contributed by atoms with E-state index < -0.39 is 29.6 Å². The topological polar surface area (TPSA) is 201 Å². The van der Waals surface area contributed by atoms with Crippen LogP contribution in [0.1, 0.15) is 109 Å². The highest BCUT2D eigenvalue weighted by Gasteiger charge is 2.60. The highest BCUT2D eigenvalue weighted by Crippen LogP contribution is 2.65. The molecule has 4 aromatic carbocycles. The number of rotatable bonds is 17. The molecular formula is C57H68N4O11. The molecule has 7 atom stereocenters. The average molecular weight is 985 g/mol. The molecule has 0 radical (unpaired) electrons. The Kier molecular flexibility index (Phi) is 13.1. The van der Waals surface area contributed by atoms with Crippen LogP contribution in [-0.4, -0.2) is 104 Å². The number of hydrogen-bond acceptors (Lipinski definition) is 14. The maximum Gasteiger partial charge on any atom is 0.253 e. The number of nitrogens with one attached hydrogen (secondary N) is 3. The van der Waals surface area contributed by atoms with E-state index in [2.05, 4.69) is 40.2 Å². The Hall–Kier alpha value is -5.84. The van der Waals surface area contributed by atoms with Gasteiger partial charge in [-0.3, -0.25) is 19.8 Å². The molecule has 382 valence electrons. The fraction of sp³-hybridized carbons (Fsp3) is 0.509. The molecule has 7 aliphatic rings. The Labute approximate surface area is 420 Å². The molecule has 0 saturated heterocycles. The average Bonchev–Trinajstić information content (AvgIpc) is 3.99. The van der Waals surface area contributed by atoms with Gasteiger partial charge in [0, 0.05) is 82.6 Å². The normalized spacial score (nSPS) is 25.5. The molecule has 4 aliphatic carbocycles. The Morgan fingerprint density at radius 3 is 2.44 bits per heavy atom. The van der Waals surface area contributed by atoms with Gasteiger partial charge in [0.2, 0.25) is 5.75 Å². The minimum atomic E-state index is -1.07. The van der Waals surface area contributed by atoms with Crippen molar-refractivity contribution in [1.82, 2.24) is 15.5 Å². The number of nitrogens with zero attached hydrogens (tertiary/aromatic N) is 1. The van der Waals surface area contributed by atoms with Crippen LogP contribution < -0.4 is 39.6 Å². The molecular weight excluding hydrogens is 917 g/mol. The molecule has 1 spiro atoms. The van der Waals surface area contributed by atoms with Gasteiger partial charge in [0.25, 0.3) is 11.8 Å². The van der Waals surface area contributed by atoms with Gasteiger partial charge in [-0.1, -0.05) is 44.0 Å². The van der Waals surface area contributed by atoms with Crippen LogP contribution in [0.4, 0.5) is 5.69 Å². The quantitative estimate of drug-likeness (QED) is 0.0334. The lowest BCUT2D eigenvalue weighted by Gasteiger charge is -2.60. The fourth-order valence-corrected chi connectivity index (χ4v) is 14.3. The van der Waals surface area contributed by atoms with E-state index >= 15 is 0 Å². The number of aromatic hydroxyl groups is 1. The number of aryl methyl sites for hydroxylation is 1. The predicted octanol–water partition coefficient (Wildman–Crippen LogP) is 6.72. The van der Waals surface area contributed by atoms with Crippen molar-refractivity contribution in [2.75, 3.05) is 72.3 Å². The largest absolute Gasteiger partial charge is 0.502 e. The summed E-state index contributed by atoms with van der Waals surface area (Å²) >= 11 is 0. The van der Waals surface area contributed by atoms with Crippen molar-refractivity contribution >= 4 is 17.5 Å². The zero-order valence-corrected chi connectivity index (χ0v) is 41.6. The van der Waals surface area contributed by atoms with Crippen LogP contribution in [0.15, 0.2) is 60.7 Å². The van der Waals surface area contributed by atoms with Gasteiger partial charge in [-0.15, -0.1) is 0 Å². The summed E-state index contributed by atoms with van der Waals surface area (Å²) in [6.07, 6.45) is 9.64. The summed E-state index contributed by atoms with van der Waals surface area (Å²) in [6.45, 7) is 4.36. The number of carbonyl (C=O) groups is 2. The van der Waals surface area contributed by atoms with Crippen molar-refractivity contribution < 1.29 is 53.7 Å². The van der Waals surface area contributed by atoms with Gasteiger partial charge < -0.3 is 54.7 Å². The molecule has 72 heavy (non-hydrogen) atoms. The molecule has 0 bridgehead atoms. The summed E-state index contributed by atoms with van der Waals surface area (Å²) in [5, 5.41) is 57.5. The molecule has 7 N–H and O–H groups in total. The second kappa shape index (κ2) is 19.5. The Morgan fingerprint density at radius 1 is 0.903 bits per heavy atom. The third kappa shape index (κ3) is 7.97. The number of aliphatic hydroxyl groups is 3. The van der Waals surface area contributed by atoms with Gasteiger partial charge >= 0.3 is 0 Å². The summed E-state index contributed by atoms with van der Waals surface area (Å²) in [7, 11) is 3.36. The van der Waals surface area contributed by atoms with E-state index in [0.29, 0.717) is 85.1 Å². The molecule has 15 heteroatoms. The number of amides is 2. The van der Waals surface area contributed by atoms with Gasteiger partial charge in [-0.2, -0.15) is 0 Å². The van der Waals surface area contributed by atoms with Gasteiger partial charge in [-0.25, -0.2) is 0 Å². The monoisotopic (exact) mass is 984 g/mol. The van der Waals surface area contributed by atoms with E-state index in [9.17, 15) is 30.0 Å². The highest BCUT2D eigenvalue weighted by molar-refractivity contribution is 6.12. The second-order valence-corrected chi connectivity index (χ2v) is 21.1. The lowest BCUT2D eigenvalue weighted by Crippen LogP contribution is -2.58. The number of imide groups is 1. The highest BCUT2D eigenvalue weighted by atomic mass is 16.5. The Morgan fingerprint density at radius 2 is 1.68 bits per heavy atom. The van der Waals surface area contributed by atoms with Crippen molar-refractivity contribution in [3.05, 3.63) is 99.6 Å². The van der Waals surface area contributed by atoms with Crippen LogP contribution in [-0.2, 0) is 34.3 Å². The van der Waals surface area contributed by atoms with Gasteiger partial charge in [0.15, 0.2) is 17.7 Å². The van der Waals surface area contributed by atoms with Crippen molar-refractivity contribution in [3.8, 4) is 45.6 Å². The van der Waals surface area contributed by atoms with E-state index in [4.69, 9.17) is 23.7 Å². The molecule has 11 rings (SSSR count). The minimum Gasteiger partial charge on any atom is -0.502 e. The molecule has 2 saturated carbocycles. The first-order valence-electron chi connectivity index (χ1n) is 26.1. The molecule has 3 aliphatic heterocycles. The fourth-order valence-electron chi connectivity index (χ4n) is 14.3. The number of likely N-dealkylation sites (N-methyl/N-ethyl adjacent to an activating group) is 1. The number of ether oxygens (including phenoxy) is 5.